The van der Waals surface area contributed by atoms with Gasteiger partial charge in [0.15, 0.2) is 0 Å². The smallest absolute Gasteiger partial charge is 0.352 e. The Balaban J connectivity index is 1.64. The fraction of sp³-hybridized carbons (Fsp3) is 0.435. The van der Waals surface area contributed by atoms with Crippen LogP contribution in [0.4, 0.5) is 13.2 Å². The molecule has 1 amide bonds. The van der Waals surface area contributed by atoms with Crippen LogP contribution in [0.1, 0.15) is 41.4 Å². The summed E-state index contributed by atoms with van der Waals surface area (Å²) in [6.07, 6.45) is -2.34. The third-order valence-electron chi connectivity index (χ3n) is 5.95. The number of aryl methyl sites for hydroxylation is 1. The highest BCUT2D eigenvalue weighted by atomic mass is 19.4. The molecule has 1 aliphatic heterocycles. The summed E-state index contributed by atoms with van der Waals surface area (Å²) in [6, 6.07) is 6.36. The largest absolute Gasteiger partial charge is 0.416 e. The highest BCUT2D eigenvalue weighted by Gasteiger charge is 2.31. The van der Waals surface area contributed by atoms with Crippen LogP contribution in [0.25, 0.3) is 22.4 Å². The van der Waals surface area contributed by atoms with Gasteiger partial charge in [0, 0.05) is 18.7 Å². The minimum Gasteiger partial charge on any atom is -0.352 e. The summed E-state index contributed by atoms with van der Waals surface area (Å²) in [5.41, 5.74) is 0.606. The van der Waals surface area contributed by atoms with Crippen molar-refractivity contribution in [1.29, 1.82) is 0 Å². The Morgan fingerprint density at radius 2 is 2.12 bits per heavy atom. The number of rotatable bonds is 5. The molecule has 0 radical (unpaired) electrons. The maximum Gasteiger partial charge on any atom is 0.416 e. The number of carbonyl (C=O) groups is 1. The van der Waals surface area contributed by atoms with Crippen LogP contribution in [-0.2, 0) is 6.18 Å². The van der Waals surface area contributed by atoms with Crippen molar-refractivity contribution >= 4 is 17.0 Å². The fourth-order valence-electron chi connectivity index (χ4n) is 4.21. The molecule has 9 heteroatoms. The number of benzene rings is 1. The molecule has 0 aliphatic carbocycles. The second-order valence-electron chi connectivity index (χ2n) is 8.19. The van der Waals surface area contributed by atoms with Gasteiger partial charge in [0.2, 0.25) is 0 Å². The maximum atomic E-state index is 13.2. The molecule has 170 valence electrons. The number of carbonyl (C=O) groups excluding carboxylic acids is 1. The average molecular weight is 446 g/mol. The predicted octanol–water partition coefficient (Wildman–Crippen LogP) is 4.68. The summed E-state index contributed by atoms with van der Waals surface area (Å²) in [7, 11) is 0. The summed E-state index contributed by atoms with van der Waals surface area (Å²) in [5, 5.41) is 7.36. The number of alkyl halides is 3. The molecule has 3 aromatic rings. The molecule has 4 rings (SSSR count). The minimum absolute atomic E-state index is 0.123. The highest BCUT2D eigenvalue weighted by Crippen LogP contribution is 2.33. The van der Waals surface area contributed by atoms with Crippen LogP contribution in [0.3, 0.4) is 0 Å². The Kier molecular flexibility index (Phi) is 6.19. The van der Waals surface area contributed by atoms with E-state index >= 15 is 0 Å². The van der Waals surface area contributed by atoms with Gasteiger partial charge in [-0.3, -0.25) is 4.79 Å². The molecular formula is C23H25F3N4O2. The monoisotopic (exact) mass is 446 g/mol. The third kappa shape index (κ3) is 4.62. The summed E-state index contributed by atoms with van der Waals surface area (Å²) in [5.74, 6) is 0.0436. The van der Waals surface area contributed by atoms with Gasteiger partial charge in [-0.05, 0) is 57.0 Å². The van der Waals surface area contributed by atoms with Crippen LogP contribution in [0, 0.1) is 12.8 Å². The molecule has 1 N–H and O–H groups in total. The van der Waals surface area contributed by atoms with Gasteiger partial charge < -0.3 is 14.7 Å². The van der Waals surface area contributed by atoms with E-state index in [0.717, 1.165) is 44.6 Å². The number of amides is 1. The van der Waals surface area contributed by atoms with E-state index in [-0.39, 0.29) is 22.9 Å². The molecule has 2 aromatic heterocycles. The number of aromatic nitrogens is 2. The molecule has 32 heavy (non-hydrogen) atoms. The Morgan fingerprint density at radius 3 is 2.88 bits per heavy atom. The van der Waals surface area contributed by atoms with Gasteiger partial charge in [-0.25, -0.2) is 4.98 Å². The fourth-order valence-corrected chi connectivity index (χ4v) is 4.21. The average Bonchev–Trinajstić information content (AvgIpc) is 3.17. The normalized spacial score (nSPS) is 17.6. The molecule has 1 atom stereocenters. The molecule has 1 fully saturated rings. The first-order valence-electron chi connectivity index (χ1n) is 10.7. The molecule has 1 aromatic carbocycles. The summed E-state index contributed by atoms with van der Waals surface area (Å²) in [6.45, 7) is 7.35. The van der Waals surface area contributed by atoms with Gasteiger partial charge in [0.05, 0.1) is 27.9 Å². The number of nitrogens with zero attached hydrogens (tertiary/aromatic N) is 3. The zero-order valence-electron chi connectivity index (χ0n) is 18.0. The summed E-state index contributed by atoms with van der Waals surface area (Å²) in [4.78, 5) is 19.8. The number of fused-ring (bicyclic) bond motifs is 1. The first-order chi connectivity index (χ1) is 15.3. The molecular weight excluding hydrogens is 421 g/mol. The second kappa shape index (κ2) is 8.90. The van der Waals surface area contributed by atoms with Gasteiger partial charge in [-0.2, -0.15) is 13.2 Å². The molecule has 0 bridgehead atoms. The Morgan fingerprint density at radius 1 is 1.31 bits per heavy atom. The van der Waals surface area contributed by atoms with Crippen molar-refractivity contribution in [1.82, 2.24) is 20.4 Å². The van der Waals surface area contributed by atoms with Gasteiger partial charge in [-0.15, -0.1) is 0 Å². The summed E-state index contributed by atoms with van der Waals surface area (Å²) < 4.78 is 44.7. The quantitative estimate of drug-likeness (QED) is 0.616. The van der Waals surface area contributed by atoms with Crippen molar-refractivity contribution in [2.24, 2.45) is 5.92 Å². The van der Waals surface area contributed by atoms with E-state index in [1.807, 2.05) is 0 Å². The van der Waals surface area contributed by atoms with E-state index < -0.39 is 11.7 Å². The lowest BCUT2D eigenvalue weighted by Gasteiger charge is -2.31. The van der Waals surface area contributed by atoms with Crippen molar-refractivity contribution in [3.8, 4) is 11.3 Å². The standard InChI is InChI=1S/C23H25F3N4O2/c1-3-30-9-5-6-15(13-30)12-27-21(31)18-11-19(28-22-20(18)14(2)29-32-22)16-7-4-8-17(10-16)23(24,25)26/h4,7-8,10-11,15H,3,5-6,9,12-13H2,1-2H3,(H,27,31). The van der Waals surface area contributed by atoms with E-state index in [2.05, 4.69) is 27.3 Å². The molecule has 1 unspecified atom stereocenters. The SMILES string of the molecule is CCN1CCCC(CNC(=O)c2cc(-c3cccc(C(F)(F)F)c3)nc3onc(C)c23)C1. The van der Waals surface area contributed by atoms with E-state index in [9.17, 15) is 18.0 Å². The molecule has 0 spiro atoms. The van der Waals surface area contributed by atoms with E-state index in [1.54, 1.807) is 6.92 Å². The number of hydrogen-bond acceptors (Lipinski definition) is 5. The third-order valence-corrected chi connectivity index (χ3v) is 5.95. The van der Waals surface area contributed by atoms with Crippen LogP contribution < -0.4 is 5.32 Å². The highest BCUT2D eigenvalue weighted by molar-refractivity contribution is 6.07. The van der Waals surface area contributed by atoms with Crippen LogP contribution in [-0.4, -0.2) is 47.1 Å². The van der Waals surface area contributed by atoms with Crippen LogP contribution in [0.2, 0.25) is 0 Å². The Hall–Kier alpha value is -2.94. The molecule has 3 heterocycles. The zero-order valence-corrected chi connectivity index (χ0v) is 18.0. The Labute approximate surface area is 183 Å². The van der Waals surface area contributed by atoms with E-state index in [4.69, 9.17) is 4.52 Å². The van der Waals surface area contributed by atoms with Crippen molar-refractivity contribution in [3.05, 3.63) is 47.2 Å². The first kappa shape index (κ1) is 22.3. The number of hydrogen-bond donors (Lipinski definition) is 1. The predicted molar refractivity (Wildman–Crippen MR) is 114 cm³/mol. The summed E-state index contributed by atoms with van der Waals surface area (Å²) >= 11 is 0. The lowest BCUT2D eigenvalue weighted by molar-refractivity contribution is -0.137. The van der Waals surface area contributed by atoms with E-state index in [0.29, 0.717) is 29.1 Å². The number of piperidine rings is 1. The lowest BCUT2D eigenvalue weighted by Crippen LogP contribution is -2.40. The molecule has 0 saturated carbocycles. The molecule has 1 saturated heterocycles. The minimum atomic E-state index is -4.48. The number of nitrogens with one attached hydrogen (secondary N) is 1. The van der Waals surface area contributed by atoms with Gasteiger partial charge >= 0.3 is 6.18 Å². The Bertz CT molecular complexity index is 1130. The van der Waals surface area contributed by atoms with Crippen molar-refractivity contribution in [2.45, 2.75) is 32.9 Å². The van der Waals surface area contributed by atoms with E-state index in [1.165, 1.54) is 18.2 Å². The van der Waals surface area contributed by atoms with Gasteiger partial charge in [0.1, 0.15) is 0 Å². The lowest BCUT2D eigenvalue weighted by atomic mass is 9.97. The molecule has 1 aliphatic rings. The number of pyridine rings is 1. The van der Waals surface area contributed by atoms with Crippen LogP contribution in [0.5, 0.6) is 0 Å². The topological polar surface area (TPSA) is 71.3 Å². The molecule has 6 nitrogen and oxygen atoms in total. The first-order valence-corrected chi connectivity index (χ1v) is 10.7. The zero-order chi connectivity index (χ0) is 22.9. The van der Waals surface area contributed by atoms with Gasteiger partial charge in [-0.1, -0.05) is 24.2 Å². The maximum absolute atomic E-state index is 13.2. The second-order valence-corrected chi connectivity index (χ2v) is 8.19. The van der Waals surface area contributed by atoms with Crippen molar-refractivity contribution < 1.29 is 22.5 Å². The van der Waals surface area contributed by atoms with Gasteiger partial charge in [0.25, 0.3) is 11.6 Å². The van der Waals surface area contributed by atoms with Crippen molar-refractivity contribution in [3.63, 3.8) is 0 Å². The number of likely N-dealkylation sites (tertiary alicyclic amines) is 1. The van der Waals surface area contributed by atoms with Crippen molar-refractivity contribution in [2.75, 3.05) is 26.2 Å². The van der Waals surface area contributed by atoms with Crippen LogP contribution in [0.15, 0.2) is 34.9 Å². The number of halogens is 3. The van der Waals surface area contributed by atoms with Crippen LogP contribution >= 0.6 is 0 Å².